The summed E-state index contributed by atoms with van der Waals surface area (Å²) >= 11 is 0. The van der Waals surface area contributed by atoms with Gasteiger partial charge in [0.05, 0.1) is 16.7 Å². The zero-order valence-electron chi connectivity index (χ0n) is 17.4. The number of benzene rings is 3. The Morgan fingerprint density at radius 2 is 1.44 bits per heavy atom. The fourth-order valence-electron chi connectivity index (χ4n) is 2.94. The minimum atomic E-state index is -5.23. The topological polar surface area (TPSA) is 87.7 Å². The molecule has 36 heavy (non-hydrogen) atoms. The second-order valence-corrected chi connectivity index (χ2v) is 7.01. The van der Waals surface area contributed by atoms with Crippen molar-refractivity contribution in [3.63, 3.8) is 0 Å². The van der Waals surface area contributed by atoms with Gasteiger partial charge in [-0.1, -0.05) is 0 Å². The summed E-state index contributed by atoms with van der Waals surface area (Å²) in [6.07, 6.45) is -9.92. The Bertz CT molecular complexity index is 1310. The van der Waals surface area contributed by atoms with Crippen molar-refractivity contribution in [1.29, 1.82) is 0 Å². The Labute approximate surface area is 196 Å². The van der Waals surface area contributed by atoms with Crippen LogP contribution in [0.2, 0.25) is 0 Å². The highest BCUT2D eigenvalue weighted by atomic mass is 19.4. The first kappa shape index (κ1) is 26.4. The van der Waals surface area contributed by atoms with E-state index in [1.165, 1.54) is 0 Å². The summed E-state index contributed by atoms with van der Waals surface area (Å²) in [5.74, 6) is -7.17. The third-order valence-corrected chi connectivity index (χ3v) is 4.62. The van der Waals surface area contributed by atoms with Gasteiger partial charge in [0, 0.05) is 5.69 Å². The van der Waals surface area contributed by atoms with Gasteiger partial charge < -0.3 is 10.1 Å². The number of carbonyl (C=O) groups is 2. The molecule has 2 amide bonds. The van der Waals surface area contributed by atoms with Crippen molar-refractivity contribution in [2.45, 2.75) is 12.4 Å². The summed E-state index contributed by atoms with van der Waals surface area (Å²) in [6.45, 7) is 0. The van der Waals surface area contributed by atoms with Crippen LogP contribution in [0.3, 0.4) is 0 Å². The predicted octanol–water partition coefficient (Wildman–Crippen LogP) is 6.17. The van der Waals surface area contributed by atoms with E-state index in [2.05, 4.69) is 0 Å². The highest BCUT2D eigenvalue weighted by molar-refractivity contribution is 6.07. The third-order valence-electron chi connectivity index (χ3n) is 4.62. The quantitative estimate of drug-likeness (QED) is 0.214. The molecule has 3 aromatic carbocycles. The molecule has 14 heteroatoms. The number of nitrogens with one attached hydrogen (secondary N) is 2. The van der Waals surface area contributed by atoms with Crippen molar-refractivity contribution in [3.05, 3.63) is 88.5 Å². The molecule has 0 saturated carbocycles. The first-order chi connectivity index (χ1) is 16.7. The number of carbonyl (C=O) groups excluding carboxylic acids is 2. The molecule has 0 aliphatic rings. The van der Waals surface area contributed by atoms with Crippen LogP contribution in [0.1, 0.15) is 31.8 Å². The lowest BCUT2D eigenvalue weighted by molar-refractivity contribution is -0.140. The van der Waals surface area contributed by atoms with Gasteiger partial charge >= 0.3 is 12.4 Å². The second kappa shape index (κ2) is 9.81. The minimum Gasteiger partial charge on any atom is -0.456 e. The molecule has 3 N–H and O–H groups in total. The first-order valence-electron chi connectivity index (χ1n) is 9.52. The SMILES string of the molecule is O=C(NO)c1cc(NC(=O)c2c(Oc3ccc(C(F)(F)F)cc3)ccc(C(F)(F)F)c2F)ccc1F. The van der Waals surface area contributed by atoms with E-state index in [4.69, 9.17) is 9.94 Å². The van der Waals surface area contributed by atoms with Crippen molar-refractivity contribution < 1.29 is 54.7 Å². The lowest BCUT2D eigenvalue weighted by Gasteiger charge is -2.16. The van der Waals surface area contributed by atoms with Crippen molar-refractivity contribution in [1.82, 2.24) is 5.48 Å². The van der Waals surface area contributed by atoms with Crippen LogP contribution in [-0.4, -0.2) is 17.0 Å². The van der Waals surface area contributed by atoms with Crippen LogP contribution in [0.4, 0.5) is 40.8 Å². The molecule has 0 saturated heterocycles. The third kappa shape index (κ3) is 5.71. The molecule has 0 aromatic heterocycles. The maximum Gasteiger partial charge on any atom is 0.419 e. The normalized spacial score (nSPS) is 11.7. The van der Waals surface area contributed by atoms with E-state index in [9.17, 15) is 44.7 Å². The van der Waals surface area contributed by atoms with E-state index in [-0.39, 0.29) is 17.5 Å². The summed E-state index contributed by atoms with van der Waals surface area (Å²) in [5.41, 5.74) is -4.17. The number of hydroxylamine groups is 1. The van der Waals surface area contributed by atoms with Crippen molar-refractivity contribution in [3.8, 4) is 11.5 Å². The highest BCUT2D eigenvalue weighted by Crippen LogP contribution is 2.38. The van der Waals surface area contributed by atoms with E-state index in [1.54, 1.807) is 0 Å². The van der Waals surface area contributed by atoms with Crippen molar-refractivity contribution >= 4 is 17.5 Å². The zero-order valence-corrected chi connectivity index (χ0v) is 17.4. The molecule has 0 aliphatic heterocycles. The van der Waals surface area contributed by atoms with Crippen LogP contribution < -0.4 is 15.5 Å². The number of hydrogen-bond acceptors (Lipinski definition) is 4. The number of halogens is 8. The standard InChI is InChI=1S/C22H12F8N2O4/c23-15-7-3-11(9-13(15)19(33)32-35)31-20(34)17-16(8-6-14(18(17)24)22(28,29)30)36-12-4-1-10(2-5-12)21(25,26)27/h1-9,35H,(H,31,34)(H,32,33). The van der Waals surface area contributed by atoms with E-state index < -0.39 is 63.8 Å². The number of alkyl halides is 6. The lowest BCUT2D eigenvalue weighted by Crippen LogP contribution is -2.21. The van der Waals surface area contributed by atoms with E-state index >= 15 is 0 Å². The molecule has 0 aliphatic carbocycles. The summed E-state index contributed by atoms with van der Waals surface area (Å²) in [6, 6.07) is 5.95. The number of anilines is 1. The molecule has 0 radical (unpaired) electrons. The number of hydrogen-bond donors (Lipinski definition) is 3. The Morgan fingerprint density at radius 3 is 2.00 bits per heavy atom. The van der Waals surface area contributed by atoms with Crippen LogP contribution in [0.5, 0.6) is 11.5 Å². The van der Waals surface area contributed by atoms with Crippen LogP contribution in [0.15, 0.2) is 54.6 Å². The molecule has 0 fully saturated rings. The smallest absolute Gasteiger partial charge is 0.419 e. The Morgan fingerprint density at radius 1 is 0.806 bits per heavy atom. The fraction of sp³-hybridized carbons (Fsp3) is 0.0909. The minimum absolute atomic E-state index is 0.271. The van der Waals surface area contributed by atoms with Gasteiger partial charge in [0.2, 0.25) is 0 Å². The van der Waals surface area contributed by atoms with Gasteiger partial charge in [-0.2, -0.15) is 26.3 Å². The Hall–Kier alpha value is -4.20. The Kier molecular flexibility index (Phi) is 7.20. The average Bonchev–Trinajstić information content (AvgIpc) is 2.78. The molecule has 0 bridgehead atoms. The van der Waals surface area contributed by atoms with Gasteiger partial charge in [-0.25, -0.2) is 14.3 Å². The number of amides is 2. The maximum absolute atomic E-state index is 14.9. The molecule has 0 unspecified atom stereocenters. The monoisotopic (exact) mass is 520 g/mol. The van der Waals surface area contributed by atoms with E-state index in [0.717, 1.165) is 23.7 Å². The predicted molar refractivity (Wildman–Crippen MR) is 107 cm³/mol. The molecule has 0 atom stereocenters. The van der Waals surface area contributed by atoms with Gasteiger partial charge in [-0.3, -0.25) is 14.8 Å². The molecule has 0 heterocycles. The summed E-state index contributed by atoms with van der Waals surface area (Å²) in [5, 5.41) is 10.6. The van der Waals surface area contributed by atoms with E-state index in [0.29, 0.717) is 30.3 Å². The zero-order chi connectivity index (χ0) is 26.8. The summed E-state index contributed by atoms with van der Waals surface area (Å²) < 4.78 is 112. The largest absolute Gasteiger partial charge is 0.456 e. The number of ether oxygens (including phenoxy) is 1. The molecular formula is C22H12F8N2O4. The first-order valence-corrected chi connectivity index (χ1v) is 9.52. The fourth-order valence-corrected chi connectivity index (χ4v) is 2.94. The van der Waals surface area contributed by atoms with Gasteiger partial charge in [0.15, 0.2) is 5.82 Å². The van der Waals surface area contributed by atoms with Crippen molar-refractivity contribution in [2.24, 2.45) is 0 Å². The van der Waals surface area contributed by atoms with Crippen LogP contribution in [0, 0.1) is 11.6 Å². The molecule has 3 rings (SSSR count). The van der Waals surface area contributed by atoms with Crippen LogP contribution >= 0.6 is 0 Å². The molecule has 6 nitrogen and oxygen atoms in total. The summed E-state index contributed by atoms with van der Waals surface area (Å²) in [7, 11) is 0. The van der Waals surface area contributed by atoms with Gasteiger partial charge in [0.25, 0.3) is 11.8 Å². The lowest BCUT2D eigenvalue weighted by atomic mass is 10.1. The highest BCUT2D eigenvalue weighted by Gasteiger charge is 2.37. The average molecular weight is 520 g/mol. The molecule has 0 spiro atoms. The van der Waals surface area contributed by atoms with Crippen molar-refractivity contribution in [2.75, 3.05) is 5.32 Å². The Balaban J connectivity index is 2.03. The van der Waals surface area contributed by atoms with Gasteiger partial charge in [-0.15, -0.1) is 0 Å². The number of rotatable bonds is 5. The van der Waals surface area contributed by atoms with Gasteiger partial charge in [-0.05, 0) is 54.6 Å². The molecule has 3 aromatic rings. The second-order valence-electron chi connectivity index (χ2n) is 7.01. The molecular weight excluding hydrogens is 508 g/mol. The van der Waals surface area contributed by atoms with E-state index in [1.807, 2.05) is 5.32 Å². The molecule has 190 valence electrons. The van der Waals surface area contributed by atoms with Gasteiger partial charge in [0.1, 0.15) is 22.9 Å². The maximum atomic E-state index is 14.9. The van der Waals surface area contributed by atoms with Crippen LogP contribution in [-0.2, 0) is 12.4 Å². The van der Waals surface area contributed by atoms with Crippen LogP contribution in [0.25, 0.3) is 0 Å². The summed E-state index contributed by atoms with van der Waals surface area (Å²) in [4.78, 5) is 24.3.